The van der Waals surface area contributed by atoms with Crippen molar-refractivity contribution in [2.24, 2.45) is 17.6 Å². The Balaban J connectivity index is 2.50. The first kappa shape index (κ1) is 15.4. The molecule has 4 atom stereocenters. The van der Waals surface area contributed by atoms with Gasteiger partial charge in [-0.25, -0.2) is 0 Å². The Morgan fingerprint density at radius 1 is 1.39 bits per heavy atom. The molecule has 4 nitrogen and oxygen atoms in total. The van der Waals surface area contributed by atoms with Crippen molar-refractivity contribution in [1.29, 1.82) is 0 Å². The van der Waals surface area contributed by atoms with E-state index in [1.807, 2.05) is 6.92 Å². The van der Waals surface area contributed by atoms with E-state index in [-0.39, 0.29) is 23.9 Å². The molecule has 4 unspecified atom stereocenters. The molecule has 3 N–H and O–H groups in total. The maximum atomic E-state index is 12.1. The highest BCUT2D eigenvalue weighted by atomic mass is 16.2. The molecule has 0 radical (unpaired) electrons. The maximum Gasteiger partial charge on any atom is 0.237 e. The number of hydrogen-bond acceptors (Lipinski definition) is 3. The molecule has 0 aliphatic carbocycles. The van der Waals surface area contributed by atoms with Gasteiger partial charge >= 0.3 is 0 Å². The van der Waals surface area contributed by atoms with Crippen molar-refractivity contribution in [2.45, 2.75) is 59.2 Å². The van der Waals surface area contributed by atoms with Crippen LogP contribution < -0.4 is 11.1 Å². The SMILES string of the molecule is CCC(C)C(N)C(=O)NC1CN(C(C)C)CC1C. The standard InChI is InChI=1S/C14H29N3O/c1-6-10(4)13(15)14(18)16-12-8-17(9(2)3)7-11(12)5/h9-13H,6-8,15H2,1-5H3,(H,16,18). The lowest BCUT2D eigenvalue weighted by molar-refractivity contribution is -0.124. The summed E-state index contributed by atoms with van der Waals surface area (Å²) in [6.45, 7) is 12.7. The topological polar surface area (TPSA) is 58.4 Å². The second-order valence-corrected chi connectivity index (χ2v) is 6.05. The zero-order chi connectivity index (χ0) is 13.9. The monoisotopic (exact) mass is 255 g/mol. The van der Waals surface area contributed by atoms with Crippen LogP contribution in [-0.2, 0) is 4.79 Å². The fraction of sp³-hybridized carbons (Fsp3) is 0.929. The summed E-state index contributed by atoms with van der Waals surface area (Å²) in [4.78, 5) is 14.5. The Labute approximate surface area is 111 Å². The minimum absolute atomic E-state index is 0.00630. The molecule has 18 heavy (non-hydrogen) atoms. The Kier molecular flexibility index (Phi) is 5.60. The number of nitrogens with one attached hydrogen (secondary N) is 1. The third kappa shape index (κ3) is 3.69. The van der Waals surface area contributed by atoms with Crippen LogP contribution >= 0.6 is 0 Å². The fourth-order valence-corrected chi connectivity index (χ4v) is 2.41. The molecule has 1 fully saturated rings. The van der Waals surface area contributed by atoms with Gasteiger partial charge in [-0.2, -0.15) is 0 Å². The third-order valence-electron chi connectivity index (χ3n) is 4.26. The Morgan fingerprint density at radius 3 is 2.44 bits per heavy atom. The molecule has 0 spiro atoms. The quantitative estimate of drug-likeness (QED) is 0.776. The van der Waals surface area contributed by atoms with Gasteiger partial charge in [-0.15, -0.1) is 0 Å². The summed E-state index contributed by atoms with van der Waals surface area (Å²) >= 11 is 0. The van der Waals surface area contributed by atoms with E-state index in [2.05, 4.69) is 37.9 Å². The number of likely N-dealkylation sites (tertiary alicyclic amines) is 1. The highest BCUT2D eigenvalue weighted by Crippen LogP contribution is 2.19. The summed E-state index contributed by atoms with van der Waals surface area (Å²) in [5.41, 5.74) is 5.96. The van der Waals surface area contributed by atoms with Crippen LogP contribution in [-0.4, -0.2) is 42.0 Å². The molecule has 0 aromatic rings. The highest BCUT2D eigenvalue weighted by Gasteiger charge is 2.33. The molecule has 1 amide bonds. The molecule has 0 aromatic carbocycles. The summed E-state index contributed by atoms with van der Waals surface area (Å²) < 4.78 is 0. The van der Waals surface area contributed by atoms with Crippen molar-refractivity contribution >= 4 is 5.91 Å². The number of carbonyl (C=O) groups is 1. The second kappa shape index (κ2) is 6.53. The Bertz CT molecular complexity index is 280. The Morgan fingerprint density at radius 2 is 2.00 bits per heavy atom. The minimum Gasteiger partial charge on any atom is -0.350 e. The molecule has 106 valence electrons. The normalized spacial score (nSPS) is 28.4. The number of rotatable bonds is 5. The maximum absolute atomic E-state index is 12.1. The van der Waals surface area contributed by atoms with E-state index in [4.69, 9.17) is 5.73 Å². The van der Waals surface area contributed by atoms with Crippen LogP contribution in [0.3, 0.4) is 0 Å². The van der Waals surface area contributed by atoms with Crippen LogP contribution in [0.1, 0.15) is 41.0 Å². The average molecular weight is 255 g/mol. The van der Waals surface area contributed by atoms with Crippen LogP contribution in [0, 0.1) is 11.8 Å². The largest absolute Gasteiger partial charge is 0.350 e. The van der Waals surface area contributed by atoms with E-state index in [1.165, 1.54) is 0 Å². The molecule has 1 rings (SSSR count). The van der Waals surface area contributed by atoms with Crippen LogP contribution in [0.4, 0.5) is 0 Å². The molecule has 0 aromatic heterocycles. The first-order valence-corrected chi connectivity index (χ1v) is 7.16. The van der Waals surface area contributed by atoms with Gasteiger partial charge < -0.3 is 11.1 Å². The van der Waals surface area contributed by atoms with Crippen LogP contribution in [0.25, 0.3) is 0 Å². The molecular formula is C14H29N3O. The lowest BCUT2D eigenvalue weighted by Crippen LogP contribution is -2.50. The summed E-state index contributed by atoms with van der Waals surface area (Å²) in [6.07, 6.45) is 0.937. The van der Waals surface area contributed by atoms with Gasteiger partial charge in [0, 0.05) is 25.2 Å². The zero-order valence-corrected chi connectivity index (χ0v) is 12.4. The van der Waals surface area contributed by atoms with E-state index in [9.17, 15) is 4.79 Å². The van der Waals surface area contributed by atoms with Gasteiger partial charge in [-0.1, -0.05) is 27.2 Å². The van der Waals surface area contributed by atoms with Crippen LogP contribution in [0.15, 0.2) is 0 Å². The summed E-state index contributed by atoms with van der Waals surface area (Å²) in [5.74, 6) is 0.746. The number of amides is 1. The first-order valence-electron chi connectivity index (χ1n) is 7.16. The van der Waals surface area contributed by atoms with Gasteiger partial charge in [0.2, 0.25) is 5.91 Å². The van der Waals surface area contributed by atoms with E-state index in [1.54, 1.807) is 0 Å². The lowest BCUT2D eigenvalue weighted by Gasteiger charge is -2.23. The average Bonchev–Trinajstić information content (AvgIpc) is 2.69. The van der Waals surface area contributed by atoms with Crippen LogP contribution in [0.2, 0.25) is 0 Å². The lowest BCUT2D eigenvalue weighted by atomic mass is 9.98. The fourth-order valence-electron chi connectivity index (χ4n) is 2.41. The second-order valence-electron chi connectivity index (χ2n) is 6.05. The molecule has 1 aliphatic rings. The van der Waals surface area contributed by atoms with Crippen molar-refractivity contribution in [3.05, 3.63) is 0 Å². The molecule has 1 heterocycles. The van der Waals surface area contributed by atoms with Gasteiger partial charge in [-0.3, -0.25) is 9.69 Å². The number of nitrogens with zero attached hydrogens (tertiary/aromatic N) is 1. The van der Waals surface area contributed by atoms with Gasteiger partial charge in [0.25, 0.3) is 0 Å². The van der Waals surface area contributed by atoms with E-state index in [0.29, 0.717) is 12.0 Å². The van der Waals surface area contributed by atoms with Gasteiger partial charge in [-0.05, 0) is 25.7 Å². The molecule has 1 aliphatic heterocycles. The summed E-state index contributed by atoms with van der Waals surface area (Å²) in [7, 11) is 0. The predicted molar refractivity (Wildman–Crippen MR) is 75.2 cm³/mol. The van der Waals surface area contributed by atoms with Crippen LogP contribution in [0.5, 0.6) is 0 Å². The van der Waals surface area contributed by atoms with E-state index < -0.39 is 0 Å². The zero-order valence-electron chi connectivity index (χ0n) is 12.4. The highest BCUT2D eigenvalue weighted by molar-refractivity contribution is 5.82. The van der Waals surface area contributed by atoms with Gasteiger partial charge in [0.1, 0.15) is 0 Å². The smallest absolute Gasteiger partial charge is 0.237 e. The van der Waals surface area contributed by atoms with E-state index in [0.717, 1.165) is 19.5 Å². The number of carbonyl (C=O) groups excluding carboxylic acids is 1. The Hall–Kier alpha value is -0.610. The van der Waals surface area contributed by atoms with Crippen molar-refractivity contribution in [3.63, 3.8) is 0 Å². The first-order chi connectivity index (χ1) is 8.36. The third-order valence-corrected chi connectivity index (χ3v) is 4.26. The van der Waals surface area contributed by atoms with Crippen molar-refractivity contribution in [1.82, 2.24) is 10.2 Å². The molecule has 0 bridgehead atoms. The summed E-state index contributed by atoms with van der Waals surface area (Å²) in [6, 6.07) is 0.405. The predicted octanol–water partition coefficient (Wildman–Crippen LogP) is 1.20. The molecule has 1 saturated heterocycles. The number of hydrogen-bond donors (Lipinski definition) is 2. The van der Waals surface area contributed by atoms with Crippen molar-refractivity contribution in [2.75, 3.05) is 13.1 Å². The van der Waals surface area contributed by atoms with Gasteiger partial charge in [0.05, 0.1) is 6.04 Å². The van der Waals surface area contributed by atoms with Gasteiger partial charge in [0.15, 0.2) is 0 Å². The van der Waals surface area contributed by atoms with E-state index >= 15 is 0 Å². The molecular weight excluding hydrogens is 226 g/mol. The van der Waals surface area contributed by atoms with Crippen molar-refractivity contribution < 1.29 is 4.79 Å². The molecule has 0 saturated carbocycles. The molecule has 4 heteroatoms. The summed E-state index contributed by atoms with van der Waals surface area (Å²) in [5, 5.41) is 3.12. The number of nitrogens with two attached hydrogens (primary N) is 1. The minimum atomic E-state index is -0.379. The van der Waals surface area contributed by atoms with Crippen molar-refractivity contribution in [3.8, 4) is 0 Å².